The average Bonchev–Trinajstić information content (AvgIpc) is 2.38. The van der Waals surface area contributed by atoms with Crippen molar-refractivity contribution < 1.29 is 0 Å². The smallest absolute Gasteiger partial charge is 0.107 e. The molecular formula is C7H14N2S. The molecule has 0 bridgehead atoms. The van der Waals surface area contributed by atoms with Crippen LogP contribution in [0.25, 0.3) is 0 Å². The Kier molecular flexibility index (Phi) is 3.06. The van der Waals surface area contributed by atoms with E-state index >= 15 is 0 Å². The van der Waals surface area contributed by atoms with E-state index in [1.807, 2.05) is 18.7 Å². The van der Waals surface area contributed by atoms with Gasteiger partial charge in [0.1, 0.15) is 5.84 Å². The number of nitrogens with zero attached hydrogens (tertiary/aromatic N) is 1. The van der Waals surface area contributed by atoms with Crippen molar-refractivity contribution in [3.05, 3.63) is 0 Å². The molecule has 2 N–H and O–H groups in total. The van der Waals surface area contributed by atoms with Crippen LogP contribution in [0.5, 0.6) is 0 Å². The lowest BCUT2D eigenvalue weighted by Crippen LogP contribution is -2.24. The van der Waals surface area contributed by atoms with Crippen molar-refractivity contribution in [1.29, 1.82) is 0 Å². The molecule has 0 aliphatic carbocycles. The molecule has 0 aromatic rings. The van der Waals surface area contributed by atoms with E-state index in [9.17, 15) is 0 Å². The first-order chi connectivity index (χ1) is 4.84. The van der Waals surface area contributed by atoms with E-state index in [0.29, 0.717) is 5.25 Å². The fourth-order valence-electron chi connectivity index (χ4n) is 1.10. The van der Waals surface area contributed by atoms with E-state index in [1.165, 1.54) is 18.6 Å². The first-order valence-electron chi connectivity index (χ1n) is 3.76. The third kappa shape index (κ3) is 1.90. The van der Waals surface area contributed by atoms with Crippen molar-refractivity contribution in [2.24, 2.45) is 10.7 Å². The van der Waals surface area contributed by atoms with Crippen LogP contribution in [0.4, 0.5) is 0 Å². The summed E-state index contributed by atoms with van der Waals surface area (Å²) in [7, 11) is 0. The lowest BCUT2D eigenvalue weighted by molar-refractivity contribution is 0.890. The van der Waals surface area contributed by atoms with Crippen LogP contribution >= 0.6 is 11.8 Å². The monoisotopic (exact) mass is 158 g/mol. The van der Waals surface area contributed by atoms with Gasteiger partial charge < -0.3 is 5.73 Å². The van der Waals surface area contributed by atoms with Gasteiger partial charge in [0.2, 0.25) is 0 Å². The summed E-state index contributed by atoms with van der Waals surface area (Å²) < 4.78 is 0. The van der Waals surface area contributed by atoms with E-state index < -0.39 is 0 Å². The second-order valence-corrected chi connectivity index (χ2v) is 3.71. The number of rotatable bonds is 2. The molecule has 1 unspecified atom stereocenters. The van der Waals surface area contributed by atoms with Crippen LogP contribution < -0.4 is 5.73 Å². The maximum Gasteiger partial charge on any atom is 0.107 e. The van der Waals surface area contributed by atoms with E-state index in [2.05, 4.69) is 4.99 Å². The van der Waals surface area contributed by atoms with Gasteiger partial charge in [-0.1, -0.05) is 0 Å². The number of hydrogen-bond donors (Lipinski definition) is 1. The Hall–Kier alpha value is -0.180. The molecule has 3 heteroatoms. The van der Waals surface area contributed by atoms with Gasteiger partial charge in [0, 0.05) is 6.54 Å². The zero-order valence-electron chi connectivity index (χ0n) is 6.34. The first-order valence-corrected chi connectivity index (χ1v) is 4.81. The highest BCUT2D eigenvalue weighted by Gasteiger charge is 2.18. The third-order valence-electron chi connectivity index (χ3n) is 1.60. The fraction of sp³-hybridized carbons (Fsp3) is 0.857. The van der Waals surface area contributed by atoms with Crippen LogP contribution in [-0.2, 0) is 0 Å². The van der Waals surface area contributed by atoms with Crippen molar-refractivity contribution >= 4 is 17.6 Å². The molecule has 58 valence electrons. The van der Waals surface area contributed by atoms with Gasteiger partial charge >= 0.3 is 0 Å². The highest BCUT2D eigenvalue weighted by atomic mass is 32.2. The summed E-state index contributed by atoms with van der Waals surface area (Å²) >= 11 is 1.93. The summed E-state index contributed by atoms with van der Waals surface area (Å²) in [6.07, 6.45) is 2.52. The van der Waals surface area contributed by atoms with Crippen LogP contribution in [0.3, 0.4) is 0 Å². The molecule has 0 radical (unpaired) electrons. The van der Waals surface area contributed by atoms with E-state index in [-0.39, 0.29) is 0 Å². The molecule has 1 fully saturated rings. The normalized spacial score (nSPS) is 27.3. The number of aliphatic imine (C=N–C) groups is 1. The molecule has 10 heavy (non-hydrogen) atoms. The SMILES string of the molecule is CCN=C(N)C1CCCS1. The number of nitrogens with two attached hydrogens (primary N) is 1. The number of hydrogen-bond acceptors (Lipinski definition) is 2. The van der Waals surface area contributed by atoms with Crippen molar-refractivity contribution in [2.75, 3.05) is 12.3 Å². The predicted octanol–water partition coefficient (Wildman–Crippen LogP) is 1.26. The maximum atomic E-state index is 5.72. The summed E-state index contributed by atoms with van der Waals surface area (Å²) in [5, 5.41) is 0.528. The highest BCUT2D eigenvalue weighted by molar-refractivity contribution is 8.00. The van der Waals surface area contributed by atoms with Crippen molar-refractivity contribution in [3.63, 3.8) is 0 Å². The summed E-state index contributed by atoms with van der Waals surface area (Å²) in [4.78, 5) is 4.18. The second kappa shape index (κ2) is 3.86. The topological polar surface area (TPSA) is 38.4 Å². The van der Waals surface area contributed by atoms with Gasteiger partial charge in [-0.25, -0.2) is 0 Å². The summed E-state index contributed by atoms with van der Waals surface area (Å²) in [6.45, 7) is 2.84. The molecule has 0 amide bonds. The molecule has 1 rings (SSSR count). The lowest BCUT2D eigenvalue weighted by atomic mass is 10.2. The quantitative estimate of drug-likeness (QED) is 0.485. The van der Waals surface area contributed by atoms with Crippen LogP contribution in [0.1, 0.15) is 19.8 Å². The van der Waals surface area contributed by atoms with Crippen molar-refractivity contribution in [3.8, 4) is 0 Å². The van der Waals surface area contributed by atoms with Crippen LogP contribution in [0.2, 0.25) is 0 Å². The largest absolute Gasteiger partial charge is 0.387 e. The Labute approximate surface area is 66.3 Å². The number of thioether (sulfide) groups is 1. The van der Waals surface area contributed by atoms with Gasteiger partial charge in [-0.2, -0.15) is 11.8 Å². The third-order valence-corrected chi connectivity index (χ3v) is 3.00. The molecule has 0 saturated carbocycles. The molecule has 1 aliphatic heterocycles. The summed E-state index contributed by atoms with van der Waals surface area (Å²) in [5.74, 6) is 2.11. The molecule has 0 aromatic heterocycles. The van der Waals surface area contributed by atoms with Gasteiger partial charge in [0.25, 0.3) is 0 Å². The van der Waals surface area contributed by atoms with Crippen LogP contribution in [0, 0.1) is 0 Å². The molecule has 2 nitrogen and oxygen atoms in total. The first kappa shape index (κ1) is 7.92. The Morgan fingerprint density at radius 3 is 3.10 bits per heavy atom. The zero-order valence-corrected chi connectivity index (χ0v) is 7.16. The Bertz CT molecular complexity index is 128. The molecule has 1 aliphatic rings. The Morgan fingerprint density at radius 2 is 2.60 bits per heavy atom. The Balaban J connectivity index is 2.39. The van der Waals surface area contributed by atoms with E-state index in [4.69, 9.17) is 5.73 Å². The average molecular weight is 158 g/mol. The van der Waals surface area contributed by atoms with Gasteiger partial charge in [0.05, 0.1) is 5.25 Å². The van der Waals surface area contributed by atoms with Crippen molar-refractivity contribution in [1.82, 2.24) is 0 Å². The molecule has 1 atom stereocenters. The van der Waals surface area contributed by atoms with E-state index in [0.717, 1.165) is 12.4 Å². The van der Waals surface area contributed by atoms with Gasteiger partial charge in [-0.15, -0.1) is 0 Å². The lowest BCUT2D eigenvalue weighted by Gasteiger charge is -2.05. The Morgan fingerprint density at radius 1 is 1.80 bits per heavy atom. The standard InChI is InChI=1S/C7H14N2S/c1-2-9-7(8)6-4-3-5-10-6/h6H,2-5H2,1H3,(H2,8,9). The van der Waals surface area contributed by atoms with Gasteiger partial charge in [0.15, 0.2) is 0 Å². The molecule has 0 spiro atoms. The van der Waals surface area contributed by atoms with Crippen molar-refractivity contribution in [2.45, 2.75) is 25.0 Å². The molecular weight excluding hydrogens is 144 g/mol. The molecule has 0 aromatic carbocycles. The van der Waals surface area contributed by atoms with Crippen LogP contribution in [0.15, 0.2) is 4.99 Å². The summed E-state index contributed by atoms with van der Waals surface area (Å²) in [5.41, 5.74) is 5.72. The minimum absolute atomic E-state index is 0.528. The molecule has 1 heterocycles. The fourth-order valence-corrected chi connectivity index (χ4v) is 2.29. The molecule has 1 saturated heterocycles. The predicted molar refractivity (Wildman–Crippen MR) is 47.6 cm³/mol. The highest BCUT2D eigenvalue weighted by Crippen LogP contribution is 2.25. The maximum absolute atomic E-state index is 5.72. The minimum Gasteiger partial charge on any atom is -0.387 e. The van der Waals surface area contributed by atoms with E-state index in [1.54, 1.807) is 0 Å². The number of amidine groups is 1. The van der Waals surface area contributed by atoms with Crippen LogP contribution in [-0.4, -0.2) is 23.4 Å². The zero-order chi connectivity index (χ0) is 7.40. The minimum atomic E-state index is 0.528. The van der Waals surface area contributed by atoms with Gasteiger partial charge in [-0.05, 0) is 25.5 Å². The summed E-state index contributed by atoms with van der Waals surface area (Å²) in [6, 6.07) is 0. The second-order valence-electron chi connectivity index (χ2n) is 2.40. The van der Waals surface area contributed by atoms with Gasteiger partial charge in [-0.3, -0.25) is 4.99 Å².